The number of hydrogen-bond acceptors (Lipinski definition) is 3. The highest BCUT2D eigenvalue weighted by Crippen LogP contribution is 2.58. The topological polar surface area (TPSA) is 25.8 Å². The monoisotopic (exact) mass is 730 g/mol. The third-order valence-corrected chi connectivity index (χ3v) is 12.5. The van der Waals surface area contributed by atoms with Crippen molar-refractivity contribution in [3.63, 3.8) is 0 Å². The average molecular weight is 731 g/mol. The minimum atomic E-state index is -0.494. The van der Waals surface area contributed by atoms with Gasteiger partial charge in [-0.1, -0.05) is 176 Å². The number of benzene rings is 8. The maximum Gasteiger partial charge on any atom is 0.160 e. The molecule has 2 nitrogen and oxygen atoms in total. The fraction of sp³-hybridized carbons (Fsp3) is 0.0189. The van der Waals surface area contributed by atoms with Gasteiger partial charge >= 0.3 is 0 Å². The molecule has 262 valence electrons. The number of fused-ring (bicyclic) bond motifs is 6. The molecule has 0 bridgehead atoms. The van der Waals surface area contributed by atoms with Gasteiger partial charge in [-0.2, -0.15) is 0 Å². The SMILES string of the molecule is c1ccc(-c2nc(-c3cccc(-c4ccc5sc6ccccc6c5c4)c3)cc(-c3cccc4c3-c3ccccc3C4(c3ccccc3)c3ccccc3)n2)cc1. The lowest BCUT2D eigenvalue weighted by Gasteiger charge is -2.33. The molecule has 3 heteroatoms. The molecule has 0 aliphatic heterocycles. The molecule has 0 fully saturated rings. The fourth-order valence-corrected chi connectivity index (χ4v) is 10.0. The molecule has 0 spiro atoms. The summed E-state index contributed by atoms with van der Waals surface area (Å²) < 4.78 is 2.62. The predicted octanol–water partition coefficient (Wildman–Crippen LogP) is 13.9. The van der Waals surface area contributed by atoms with Crippen molar-refractivity contribution < 1.29 is 0 Å². The second kappa shape index (κ2) is 13.1. The minimum Gasteiger partial charge on any atom is -0.228 e. The van der Waals surface area contributed by atoms with Gasteiger partial charge in [0.25, 0.3) is 0 Å². The van der Waals surface area contributed by atoms with Gasteiger partial charge in [0.2, 0.25) is 0 Å². The maximum atomic E-state index is 5.37. The first-order chi connectivity index (χ1) is 27.8. The zero-order chi connectivity index (χ0) is 37.1. The maximum absolute atomic E-state index is 5.37. The van der Waals surface area contributed by atoms with Gasteiger partial charge < -0.3 is 0 Å². The molecular formula is C53H34N2S. The largest absolute Gasteiger partial charge is 0.228 e. The number of nitrogens with zero attached hydrogens (tertiary/aromatic N) is 2. The highest BCUT2D eigenvalue weighted by atomic mass is 32.1. The predicted molar refractivity (Wildman–Crippen MR) is 234 cm³/mol. The Bertz CT molecular complexity index is 3040. The van der Waals surface area contributed by atoms with Crippen LogP contribution in [0.3, 0.4) is 0 Å². The molecule has 2 heterocycles. The van der Waals surface area contributed by atoms with Crippen LogP contribution < -0.4 is 0 Å². The summed E-state index contributed by atoms with van der Waals surface area (Å²) in [6.45, 7) is 0. The molecule has 0 radical (unpaired) electrons. The highest BCUT2D eigenvalue weighted by Gasteiger charge is 2.46. The molecule has 56 heavy (non-hydrogen) atoms. The van der Waals surface area contributed by atoms with Crippen molar-refractivity contribution in [2.45, 2.75) is 5.41 Å². The molecule has 0 unspecified atom stereocenters. The summed E-state index contributed by atoms with van der Waals surface area (Å²) in [5.74, 6) is 0.705. The van der Waals surface area contributed by atoms with Crippen LogP contribution in [0, 0.1) is 0 Å². The Hall–Kier alpha value is -6.94. The minimum absolute atomic E-state index is 0.494. The Morgan fingerprint density at radius 3 is 1.73 bits per heavy atom. The van der Waals surface area contributed by atoms with Crippen LogP contribution in [-0.4, -0.2) is 9.97 Å². The first-order valence-electron chi connectivity index (χ1n) is 19.1. The molecule has 10 aromatic rings. The van der Waals surface area contributed by atoms with E-state index >= 15 is 0 Å². The van der Waals surface area contributed by atoms with Crippen molar-refractivity contribution in [2.75, 3.05) is 0 Å². The summed E-state index contributed by atoms with van der Waals surface area (Å²) in [4.78, 5) is 10.6. The molecule has 1 aliphatic rings. The highest BCUT2D eigenvalue weighted by molar-refractivity contribution is 7.25. The van der Waals surface area contributed by atoms with Crippen LogP contribution >= 0.6 is 11.3 Å². The van der Waals surface area contributed by atoms with E-state index in [1.54, 1.807) is 0 Å². The van der Waals surface area contributed by atoms with Crippen molar-refractivity contribution >= 4 is 31.5 Å². The Labute approximate surface area is 330 Å². The van der Waals surface area contributed by atoms with E-state index in [4.69, 9.17) is 9.97 Å². The fourth-order valence-electron chi connectivity index (χ4n) is 8.92. The summed E-state index contributed by atoms with van der Waals surface area (Å²) >= 11 is 1.85. The third-order valence-electron chi connectivity index (χ3n) is 11.4. The number of rotatable bonds is 6. The van der Waals surface area contributed by atoms with Crippen LogP contribution in [0.2, 0.25) is 0 Å². The van der Waals surface area contributed by atoms with Crippen molar-refractivity contribution in [2.24, 2.45) is 0 Å². The van der Waals surface area contributed by atoms with Crippen molar-refractivity contribution in [1.82, 2.24) is 9.97 Å². The quantitative estimate of drug-likeness (QED) is 0.170. The van der Waals surface area contributed by atoms with E-state index in [0.717, 1.165) is 33.6 Å². The van der Waals surface area contributed by atoms with Crippen LogP contribution in [0.25, 0.3) is 76.3 Å². The van der Waals surface area contributed by atoms with Crippen LogP contribution in [0.15, 0.2) is 206 Å². The molecule has 0 N–H and O–H groups in total. The van der Waals surface area contributed by atoms with Gasteiger partial charge in [-0.25, -0.2) is 9.97 Å². The van der Waals surface area contributed by atoms with Crippen molar-refractivity contribution in [3.8, 4) is 56.2 Å². The first kappa shape index (κ1) is 32.5. The summed E-state index contributed by atoms with van der Waals surface area (Å²) in [7, 11) is 0. The zero-order valence-electron chi connectivity index (χ0n) is 30.4. The lowest BCUT2D eigenvalue weighted by molar-refractivity contribution is 0.768. The van der Waals surface area contributed by atoms with Gasteiger partial charge in [-0.05, 0) is 74.8 Å². The van der Waals surface area contributed by atoms with E-state index in [1.807, 2.05) is 17.4 Å². The van der Waals surface area contributed by atoms with Crippen LogP contribution in [-0.2, 0) is 5.41 Å². The Balaban J connectivity index is 1.13. The van der Waals surface area contributed by atoms with E-state index in [9.17, 15) is 0 Å². The van der Waals surface area contributed by atoms with Crippen LogP contribution in [0.5, 0.6) is 0 Å². The molecular weight excluding hydrogens is 697 g/mol. The second-order valence-corrected chi connectivity index (χ2v) is 15.6. The molecule has 2 aromatic heterocycles. The molecule has 0 saturated carbocycles. The Morgan fingerprint density at radius 2 is 0.929 bits per heavy atom. The lowest BCUT2D eigenvalue weighted by atomic mass is 9.67. The summed E-state index contributed by atoms with van der Waals surface area (Å²) in [5.41, 5.74) is 14.2. The molecule has 0 amide bonds. The van der Waals surface area contributed by atoms with E-state index in [1.165, 1.54) is 59.1 Å². The molecule has 0 atom stereocenters. The first-order valence-corrected chi connectivity index (χ1v) is 19.9. The standard InChI is InChI=1S/C53H34N2S/c1-4-16-35(17-5-1)52-54-47(38-19-14-18-36(32-38)37-30-31-50-44(33-37)41-24-11-13-29-49(41)56-50)34-48(55-52)43-26-15-28-46-51(43)42-25-10-12-27-45(42)53(46,39-20-6-2-7-21-39)40-22-8-3-9-23-40/h1-34H. The number of hydrogen-bond donors (Lipinski definition) is 0. The van der Waals surface area contributed by atoms with E-state index in [0.29, 0.717) is 5.82 Å². The smallest absolute Gasteiger partial charge is 0.160 e. The third kappa shape index (κ3) is 5.09. The van der Waals surface area contributed by atoms with Gasteiger partial charge in [-0.15, -0.1) is 11.3 Å². The van der Waals surface area contributed by atoms with Crippen molar-refractivity contribution in [3.05, 3.63) is 229 Å². The summed E-state index contributed by atoms with van der Waals surface area (Å²) in [5, 5.41) is 2.60. The Kier molecular flexibility index (Phi) is 7.61. The van der Waals surface area contributed by atoms with Gasteiger partial charge in [0.15, 0.2) is 5.82 Å². The van der Waals surface area contributed by atoms with Gasteiger partial charge in [-0.3, -0.25) is 0 Å². The molecule has 1 aliphatic carbocycles. The normalized spacial score (nSPS) is 12.8. The van der Waals surface area contributed by atoms with Crippen molar-refractivity contribution in [1.29, 1.82) is 0 Å². The van der Waals surface area contributed by atoms with E-state index in [-0.39, 0.29) is 0 Å². The second-order valence-electron chi connectivity index (χ2n) is 14.5. The van der Waals surface area contributed by atoms with Gasteiger partial charge in [0, 0.05) is 36.9 Å². The van der Waals surface area contributed by atoms with Crippen LogP contribution in [0.4, 0.5) is 0 Å². The van der Waals surface area contributed by atoms with Crippen LogP contribution in [0.1, 0.15) is 22.3 Å². The summed E-state index contributed by atoms with van der Waals surface area (Å²) in [6.07, 6.45) is 0. The molecule has 11 rings (SSSR count). The molecule has 8 aromatic carbocycles. The van der Waals surface area contributed by atoms with Gasteiger partial charge in [0.1, 0.15) is 0 Å². The van der Waals surface area contributed by atoms with E-state index < -0.39 is 5.41 Å². The number of thiophene rings is 1. The Morgan fingerprint density at radius 1 is 0.357 bits per heavy atom. The number of aromatic nitrogens is 2. The van der Waals surface area contributed by atoms with E-state index in [2.05, 4.69) is 200 Å². The lowest BCUT2D eigenvalue weighted by Crippen LogP contribution is -2.28. The zero-order valence-corrected chi connectivity index (χ0v) is 31.2. The molecule has 0 saturated heterocycles. The van der Waals surface area contributed by atoms with Gasteiger partial charge in [0.05, 0.1) is 16.8 Å². The summed E-state index contributed by atoms with van der Waals surface area (Å²) in [6, 6.07) is 74.4. The average Bonchev–Trinajstić information content (AvgIpc) is 3.81.